The SMILES string of the molecule is NCC1Cn2c(=O)ccc3nccc(c32)O1. The molecule has 0 amide bonds. The van der Waals surface area contributed by atoms with E-state index < -0.39 is 0 Å². The van der Waals surface area contributed by atoms with Crippen LogP contribution in [0.3, 0.4) is 0 Å². The molecule has 82 valence electrons. The first-order chi connectivity index (χ1) is 7.79. The molecule has 3 heterocycles. The molecule has 0 aliphatic carbocycles. The Labute approximate surface area is 91.5 Å². The molecule has 0 spiro atoms. The van der Waals surface area contributed by atoms with E-state index in [0.717, 1.165) is 11.0 Å². The van der Waals surface area contributed by atoms with Crippen molar-refractivity contribution in [2.75, 3.05) is 6.54 Å². The summed E-state index contributed by atoms with van der Waals surface area (Å²) in [5, 5.41) is 0. The lowest BCUT2D eigenvalue weighted by atomic mass is 10.2. The molecule has 0 saturated carbocycles. The first-order valence-corrected chi connectivity index (χ1v) is 5.15. The molecule has 1 atom stereocenters. The van der Waals surface area contributed by atoms with Crippen LogP contribution in [0.2, 0.25) is 0 Å². The maximum absolute atomic E-state index is 11.8. The van der Waals surface area contributed by atoms with Crippen molar-refractivity contribution in [3.05, 3.63) is 34.7 Å². The van der Waals surface area contributed by atoms with Crippen LogP contribution in [0, 0.1) is 0 Å². The zero-order valence-corrected chi connectivity index (χ0v) is 8.59. The van der Waals surface area contributed by atoms with Gasteiger partial charge in [0, 0.05) is 24.9 Å². The van der Waals surface area contributed by atoms with Gasteiger partial charge in [0.05, 0.1) is 12.1 Å². The average molecular weight is 217 g/mol. The largest absolute Gasteiger partial charge is 0.485 e. The molecule has 5 nitrogen and oxygen atoms in total. The molecule has 0 aromatic carbocycles. The zero-order chi connectivity index (χ0) is 11.1. The van der Waals surface area contributed by atoms with Crippen LogP contribution in [0.25, 0.3) is 11.0 Å². The van der Waals surface area contributed by atoms with Crippen molar-refractivity contribution in [1.82, 2.24) is 9.55 Å². The number of aromatic nitrogens is 2. The fraction of sp³-hybridized carbons (Fsp3) is 0.273. The number of hydrogen-bond donors (Lipinski definition) is 1. The normalized spacial score (nSPS) is 18.4. The van der Waals surface area contributed by atoms with Gasteiger partial charge in [-0.2, -0.15) is 0 Å². The van der Waals surface area contributed by atoms with E-state index in [0.29, 0.717) is 18.8 Å². The lowest BCUT2D eigenvalue weighted by molar-refractivity contribution is 0.176. The molecule has 1 aliphatic rings. The number of rotatable bonds is 1. The van der Waals surface area contributed by atoms with Crippen LogP contribution in [0.1, 0.15) is 0 Å². The van der Waals surface area contributed by atoms with Crippen molar-refractivity contribution in [1.29, 1.82) is 0 Å². The average Bonchev–Trinajstić information content (AvgIpc) is 2.33. The van der Waals surface area contributed by atoms with Gasteiger partial charge in [-0.05, 0) is 6.07 Å². The monoisotopic (exact) mass is 217 g/mol. The van der Waals surface area contributed by atoms with Crippen molar-refractivity contribution in [3.8, 4) is 5.75 Å². The Balaban J connectivity index is 2.36. The third-order valence-electron chi connectivity index (χ3n) is 2.78. The lowest BCUT2D eigenvalue weighted by Gasteiger charge is -2.26. The van der Waals surface area contributed by atoms with Crippen LogP contribution < -0.4 is 16.0 Å². The van der Waals surface area contributed by atoms with E-state index >= 15 is 0 Å². The van der Waals surface area contributed by atoms with E-state index in [4.69, 9.17) is 10.5 Å². The van der Waals surface area contributed by atoms with Gasteiger partial charge in [0.15, 0.2) is 0 Å². The summed E-state index contributed by atoms with van der Waals surface area (Å²) in [6.07, 6.45) is 1.53. The second kappa shape index (κ2) is 3.31. The molecule has 0 bridgehead atoms. The van der Waals surface area contributed by atoms with Gasteiger partial charge in [-0.1, -0.05) is 0 Å². The quantitative estimate of drug-likeness (QED) is 0.736. The first kappa shape index (κ1) is 9.35. The fourth-order valence-corrected chi connectivity index (χ4v) is 2.01. The van der Waals surface area contributed by atoms with E-state index in [-0.39, 0.29) is 11.7 Å². The van der Waals surface area contributed by atoms with E-state index in [9.17, 15) is 4.79 Å². The highest BCUT2D eigenvalue weighted by molar-refractivity contribution is 5.81. The Bertz CT molecular complexity index is 606. The van der Waals surface area contributed by atoms with Gasteiger partial charge in [-0.15, -0.1) is 0 Å². The summed E-state index contributed by atoms with van der Waals surface area (Å²) in [5.41, 5.74) is 7.08. The first-order valence-electron chi connectivity index (χ1n) is 5.15. The van der Waals surface area contributed by atoms with E-state index in [1.54, 1.807) is 22.9 Å². The minimum Gasteiger partial charge on any atom is -0.485 e. The molecule has 3 rings (SSSR count). The maximum atomic E-state index is 11.8. The number of nitrogens with zero attached hydrogens (tertiary/aromatic N) is 2. The van der Waals surface area contributed by atoms with Crippen molar-refractivity contribution in [2.24, 2.45) is 5.73 Å². The zero-order valence-electron chi connectivity index (χ0n) is 8.59. The summed E-state index contributed by atoms with van der Waals surface area (Å²) in [6.45, 7) is 0.885. The summed E-state index contributed by atoms with van der Waals surface area (Å²) in [4.78, 5) is 16.0. The van der Waals surface area contributed by atoms with Crippen LogP contribution in [-0.4, -0.2) is 22.2 Å². The molecule has 0 saturated heterocycles. The third kappa shape index (κ3) is 1.22. The summed E-state index contributed by atoms with van der Waals surface area (Å²) in [6, 6.07) is 5.00. The third-order valence-corrected chi connectivity index (χ3v) is 2.78. The molecule has 0 fully saturated rings. The summed E-state index contributed by atoms with van der Waals surface area (Å²) < 4.78 is 7.36. The minimum atomic E-state index is -0.141. The van der Waals surface area contributed by atoms with Crippen molar-refractivity contribution in [3.63, 3.8) is 0 Å². The summed E-state index contributed by atoms with van der Waals surface area (Å²) in [7, 11) is 0. The van der Waals surface area contributed by atoms with Gasteiger partial charge in [-0.25, -0.2) is 0 Å². The maximum Gasteiger partial charge on any atom is 0.251 e. The molecule has 2 aromatic heterocycles. The highest BCUT2D eigenvalue weighted by atomic mass is 16.5. The Morgan fingerprint density at radius 2 is 2.38 bits per heavy atom. The molecule has 1 unspecified atom stereocenters. The molecular weight excluding hydrogens is 206 g/mol. The van der Waals surface area contributed by atoms with Crippen molar-refractivity contribution in [2.45, 2.75) is 12.6 Å². The Hall–Kier alpha value is -1.88. The number of hydrogen-bond acceptors (Lipinski definition) is 4. The highest BCUT2D eigenvalue weighted by Gasteiger charge is 2.21. The lowest BCUT2D eigenvalue weighted by Crippen LogP contribution is -2.38. The van der Waals surface area contributed by atoms with Crippen molar-refractivity contribution < 1.29 is 4.74 Å². The molecule has 2 N–H and O–H groups in total. The van der Waals surface area contributed by atoms with E-state index in [1.807, 2.05) is 0 Å². The summed E-state index contributed by atoms with van der Waals surface area (Å²) >= 11 is 0. The van der Waals surface area contributed by atoms with Gasteiger partial charge in [-0.3, -0.25) is 14.3 Å². The molecule has 0 radical (unpaired) electrons. The minimum absolute atomic E-state index is 0.0384. The van der Waals surface area contributed by atoms with Gasteiger partial charge < -0.3 is 10.5 Å². The topological polar surface area (TPSA) is 70.1 Å². The molecular formula is C11H11N3O2. The Morgan fingerprint density at radius 1 is 1.50 bits per heavy atom. The standard InChI is InChI=1S/C11H11N3O2/c12-5-7-6-14-10(15)2-1-8-11(14)9(16-7)3-4-13-8/h1-4,7H,5-6,12H2. The highest BCUT2D eigenvalue weighted by Crippen LogP contribution is 2.27. The Morgan fingerprint density at radius 3 is 3.19 bits per heavy atom. The van der Waals surface area contributed by atoms with Crippen LogP contribution in [0.5, 0.6) is 5.75 Å². The molecule has 2 aromatic rings. The second-order valence-corrected chi connectivity index (χ2v) is 3.80. The number of pyridine rings is 2. The van der Waals surface area contributed by atoms with E-state index in [2.05, 4.69) is 4.98 Å². The van der Waals surface area contributed by atoms with Gasteiger partial charge in [0.1, 0.15) is 17.4 Å². The van der Waals surface area contributed by atoms with Crippen LogP contribution in [0.15, 0.2) is 29.2 Å². The van der Waals surface area contributed by atoms with Crippen molar-refractivity contribution >= 4 is 11.0 Å². The smallest absolute Gasteiger partial charge is 0.251 e. The van der Waals surface area contributed by atoms with Gasteiger partial charge in [0.2, 0.25) is 0 Å². The van der Waals surface area contributed by atoms with Gasteiger partial charge >= 0.3 is 0 Å². The van der Waals surface area contributed by atoms with E-state index in [1.165, 1.54) is 6.07 Å². The van der Waals surface area contributed by atoms with Crippen LogP contribution >= 0.6 is 0 Å². The molecule has 5 heteroatoms. The Kier molecular flexibility index (Phi) is 1.94. The number of nitrogens with two attached hydrogens (primary N) is 1. The second-order valence-electron chi connectivity index (χ2n) is 3.80. The van der Waals surface area contributed by atoms with Gasteiger partial charge in [0.25, 0.3) is 5.56 Å². The number of ether oxygens (including phenoxy) is 1. The predicted molar refractivity (Wildman–Crippen MR) is 59.5 cm³/mol. The van der Waals surface area contributed by atoms with Crippen LogP contribution in [0.4, 0.5) is 0 Å². The predicted octanol–water partition coefficient (Wildman–Crippen LogP) is 0.116. The molecule has 16 heavy (non-hydrogen) atoms. The fourth-order valence-electron chi connectivity index (χ4n) is 2.01. The summed E-state index contributed by atoms with van der Waals surface area (Å²) in [5.74, 6) is 0.685. The van der Waals surface area contributed by atoms with Crippen LogP contribution in [-0.2, 0) is 6.54 Å². The molecule has 1 aliphatic heterocycles.